The molecule has 6 nitrogen and oxygen atoms in total. The van der Waals surface area contributed by atoms with Crippen LogP contribution in [0.5, 0.6) is 0 Å². The van der Waals surface area contributed by atoms with Gasteiger partial charge in [-0.2, -0.15) is 0 Å². The number of piperazine rings is 1. The van der Waals surface area contributed by atoms with E-state index in [1.54, 1.807) is 11.8 Å². The lowest BCUT2D eigenvalue weighted by molar-refractivity contribution is -0.133. The molecule has 1 saturated heterocycles. The van der Waals surface area contributed by atoms with Crippen molar-refractivity contribution in [2.45, 2.75) is 25.8 Å². The maximum absolute atomic E-state index is 13.6. The van der Waals surface area contributed by atoms with Crippen LogP contribution in [-0.4, -0.2) is 59.2 Å². The van der Waals surface area contributed by atoms with E-state index >= 15 is 0 Å². The van der Waals surface area contributed by atoms with Gasteiger partial charge in [-0.15, -0.1) is 0 Å². The summed E-state index contributed by atoms with van der Waals surface area (Å²) in [6.07, 6.45) is 2.30. The third kappa shape index (κ3) is 5.53. The minimum absolute atomic E-state index is 0.0706. The zero-order valence-corrected chi connectivity index (χ0v) is 21.3. The lowest BCUT2D eigenvalue weighted by atomic mass is 9.87. The number of nitrogens with zero attached hydrogens (tertiary/aromatic N) is 3. The Morgan fingerprint density at radius 1 is 0.811 bits per heavy atom. The number of fused-ring (bicyclic) bond motifs is 1. The first-order valence-electron chi connectivity index (χ1n) is 13.0. The third-order valence-electron chi connectivity index (χ3n) is 7.13. The molecular formula is C31H33N3O3. The highest BCUT2D eigenvalue weighted by molar-refractivity contribution is 5.87. The minimum Gasteiger partial charge on any atom is -0.450 e. The van der Waals surface area contributed by atoms with E-state index in [0.29, 0.717) is 39.2 Å². The van der Waals surface area contributed by atoms with E-state index in [1.165, 1.54) is 10.9 Å². The summed E-state index contributed by atoms with van der Waals surface area (Å²) in [6.45, 7) is 4.97. The first kappa shape index (κ1) is 24.6. The van der Waals surface area contributed by atoms with Crippen LogP contribution >= 0.6 is 0 Å². The molecule has 1 aliphatic heterocycles. The summed E-state index contributed by atoms with van der Waals surface area (Å²) < 4.78 is 7.41. The van der Waals surface area contributed by atoms with Crippen LogP contribution in [0.2, 0.25) is 0 Å². The highest BCUT2D eigenvalue weighted by atomic mass is 16.6. The fourth-order valence-corrected chi connectivity index (χ4v) is 5.21. The van der Waals surface area contributed by atoms with Crippen LogP contribution in [0, 0.1) is 0 Å². The third-order valence-corrected chi connectivity index (χ3v) is 7.13. The smallest absolute Gasteiger partial charge is 0.409 e. The van der Waals surface area contributed by atoms with Crippen molar-refractivity contribution in [3.63, 3.8) is 0 Å². The fourth-order valence-electron chi connectivity index (χ4n) is 5.21. The predicted molar refractivity (Wildman–Crippen MR) is 146 cm³/mol. The summed E-state index contributed by atoms with van der Waals surface area (Å²) in [5.41, 5.74) is 4.69. The summed E-state index contributed by atoms with van der Waals surface area (Å²) in [4.78, 5) is 29.2. The number of rotatable bonds is 7. The normalized spacial score (nSPS) is 14.5. The van der Waals surface area contributed by atoms with Crippen molar-refractivity contribution in [1.29, 1.82) is 0 Å². The highest BCUT2D eigenvalue weighted by Crippen LogP contribution is 2.35. The SMILES string of the molecule is CCOC(=O)N1CCN(C(=O)CC(c2ccccc2)c2cn(Cc3ccccc3)c3ccccc23)CC1. The molecule has 0 bridgehead atoms. The Morgan fingerprint density at radius 2 is 1.43 bits per heavy atom. The van der Waals surface area contributed by atoms with Gasteiger partial charge in [0, 0.05) is 62.2 Å². The summed E-state index contributed by atoms with van der Waals surface area (Å²) in [7, 11) is 0. The van der Waals surface area contributed by atoms with Gasteiger partial charge in [-0.1, -0.05) is 78.9 Å². The molecule has 0 radical (unpaired) electrons. The number of ether oxygens (including phenoxy) is 1. The summed E-state index contributed by atoms with van der Waals surface area (Å²) in [5, 5.41) is 1.17. The van der Waals surface area contributed by atoms with Gasteiger partial charge in [-0.25, -0.2) is 4.79 Å². The quantitative estimate of drug-likeness (QED) is 0.340. The van der Waals surface area contributed by atoms with Gasteiger partial charge in [0.1, 0.15) is 0 Å². The van der Waals surface area contributed by atoms with E-state index < -0.39 is 0 Å². The van der Waals surface area contributed by atoms with Gasteiger partial charge in [0.2, 0.25) is 5.91 Å². The van der Waals surface area contributed by atoms with E-state index in [-0.39, 0.29) is 17.9 Å². The molecule has 0 aliphatic carbocycles. The van der Waals surface area contributed by atoms with E-state index in [4.69, 9.17) is 4.74 Å². The first-order chi connectivity index (χ1) is 18.1. The second kappa shape index (κ2) is 11.3. The maximum atomic E-state index is 13.6. The monoisotopic (exact) mass is 495 g/mol. The Balaban J connectivity index is 1.42. The highest BCUT2D eigenvalue weighted by Gasteiger charge is 2.28. The van der Waals surface area contributed by atoms with E-state index in [2.05, 4.69) is 71.4 Å². The van der Waals surface area contributed by atoms with Crippen LogP contribution in [0.4, 0.5) is 4.79 Å². The van der Waals surface area contributed by atoms with Crippen molar-refractivity contribution in [2.24, 2.45) is 0 Å². The van der Waals surface area contributed by atoms with Crippen LogP contribution in [0.1, 0.15) is 36.0 Å². The van der Waals surface area contributed by atoms with Crippen LogP contribution in [0.15, 0.2) is 91.1 Å². The topological polar surface area (TPSA) is 54.8 Å². The number of amides is 2. The van der Waals surface area contributed by atoms with E-state index in [9.17, 15) is 9.59 Å². The number of carbonyl (C=O) groups excluding carboxylic acids is 2. The number of benzene rings is 3. The molecule has 190 valence electrons. The van der Waals surface area contributed by atoms with Gasteiger partial charge >= 0.3 is 6.09 Å². The molecule has 1 aliphatic rings. The van der Waals surface area contributed by atoms with Crippen molar-refractivity contribution in [3.8, 4) is 0 Å². The molecule has 6 heteroatoms. The lowest BCUT2D eigenvalue weighted by Crippen LogP contribution is -2.50. The molecule has 37 heavy (non-hydrogen) atoms. The van der Waals surface area contributed by atoms with Gasteiger partial charge < -0.3 is 19.1 Å². The summed E-state index contributed by atoms with van der Waals surface area (Å²) >= 11 is 0. The predicted octanol–water partition coefficient (Wildman–Crippen LogP) is 5.51. The Labute approximate surface area is 218 Å². The minimum atomic E-state index is -0.303. The number of aromatic nitrogens is 1. The molecule has 5 rings (SSSR count). The molecule has 4 aromatic rings. The van der Waals surface area contributed by atoms with Crippen molar-refractivity contribution in [2.75, 3.05) is 32.8 Å². The largest absolute Gasteiger partial charge is 0.450 e. The van der Waals surface area contributed by atoms with Gasteiger partial charge in [-0.3, -0.25) is 4.79 Å². The molecule has 3 aromatic carbocycles. The van der Waals surface area contributed by atoms with Gasteiger partial charge in [0.25, 0.3) is 0 Å². The molecule has 2 amide bonds. The second-order valence-electron chi connectivity index (χ2n) is 9.45. The molecular weight excluding hydrogens is 462 g/mol. The van der Waals surface area contributed by atoms with E-state index in [0.717, 1.165) is 23.2 Å². The Morgan fingerprint density at radius 3 is 2.14 bits per heavy atom. The van der Waals surface area contributed by atoms with E-state index in [1.807, 2.05) is 29.2 Å². The Bertz CT molecular complexity index is 1340. The van der Waals surface area contributed by atoms with Gasteiger partial charge in [-0.05, 0) is 29.7 Å². The molecule has 1 atom stereocenters. The molecule has 2 heterocycles. The van der Waals surface area contributed by atoms with Crippen molar-refractivity contribution in [3.05, 3.63) is 108 Å². The second-order valence-corrected chi connectivity index (χ2v) is 9.45. The molecule has 0 spiro atoms. The van der Waals surface area contributed by atoms with Crippen LogP contribution < -0.4 is 0 Å². The number of para-hydroxylation sites is 1. The Hall–Kier alpha value is -4.06. The number of hydrogen-bond donors (Lipinski definition) is 0. The van der Waals surface area contributed by atoms with Crippen molar-refractivity contribution < 1.29 is 14.3 Å². The van der Waals surface area contributed by atoms with Crippen LogP contribution in [-0.2, 0) is 16.1 Å². The zero-order valence-electron chi connectivity index (χ0n) is 21.3. The lowest BCUT2D eigenvalue weighted by Gasteiger charge is -2.34. The zero-order chi connectivity index (χ0) is 25.6. The van der Waals surface area contributed by atoms with Crippen molar-refractivity contribution >= 4 is 22.9 Å². The average Bonchev–Trinajstić information content (AvgIpc) is 3.31. The first-order valence-corrected chi connectivity index (χ1v) is 13.0. The van der Waals surface area contributed by atoms with Crippen LogP contribution in [0.25, 0.3) is 10.9 Å². The summed E-state index contributed by atoms with van der Waals surface area (Å²) in [5.74, 6) is 0.0379. The molecule has 0 saturated carbocycles. The van der Waals surface area contributed by atoms with Gasteiger partial charge in [0.15, 0.2) is 0 Å². The molecule has 0 N–H and O–H groups in total. The number of carbonyl (C=O) groups is 2. The standard InChI is InChI=1S/C31H33N3O3/c1-2-37-31(36)33-19-17-32(18-20-33)30(35)21-27(25-13-7-4-8-14-25)28-23-34(22-24-11-5-3-6-12-24)29-16-10-9-15-26(28)29/h3-16,23,27H,2,17-22H2,1H3. The summed E-state index contributed by atoms with van der Waals surface area (Å²) in [6, 6.07) is 29.2. The molecule has 1 fully saturated rings. The molecule has 1 unspecified atom stereocenters. The maximum Gasteiger partial charge on any atom is 0.409 e. The average molecular weight is 496 g/mol. The number of hydrogen-bond acceptors (Lipinski definition) is 3. The Kier molecular flexibility index (Phi) is 7.54. The van der Waals surface area contributed by atoms with Gasteiger partial charge in [0.05, 0.1) is 6.61 Å². The fraction of sp³-hybridized carbons (Fsp3) is 0.290. The van der Waals surface area contributed by atoms with Crippen LogP contribution in [0.3, 0.4) is 0 Å². The van der Waals surface area contributed by atoms with Crippen molar-refractivity contribution in [1.82, 2.24) is 14.4 Å². The molecule has 1 aromatic heterocycles.